The molecule has 1 saturated carbocycles. The summed E-state index contributed by atoms with van der Waals surface area (Å²) >= 11 is 3.40. The first-order valence-electron chi connectivity index (χ1n) is 7.71. The number of hydrogen-bond acceptors (Lipinski definition) is 4. The van der Waals surface area contributed by atoms with E-state index >= 15 is 0 Å². The molecule has 4 rings (SSSR count). The number of aromatic nitrogens is 4. The van der Waals surface area contributed by atoms with Crippen LogP contribution in [0, 0.1) is 11.7 Å². The average molecular weight is 402 g/mol. The van der Waals surface area contributed by atoms with Crippen molar-refractivity contribution in [1.82, 2.24) is 20.2 Å². The number of nitrogens with one attached hydrogen (secondary N) is 1. The van der Waals surface area contributed by atoms with E-state index < -0.39 is 5.82 Å². The van der Waals surface area contributed by atoms with Crippen molar-refractivity contribution in [1.29, 1.82) is 0 Å². The Bertz CT molecular complexity index is 913. The number of hydrogen-bond donors (Lipinski definition) is 1. The minimum absolute atomic E-state index is 0.124. The van der Waals surface area contributed by atoms with Crippen molar-refractivity contribution in [3.63, 3.8) is 0 Å². The van der Waals surface area contributed by atoms with E-state index in [-0.39, 0.29) is 23.4 Å². The third kappa shape index (κ3) is 3.30. The van der Waals surface area contributed by atoms with Gasteiger partial charge in [0.2, 0.25) is 5.91 Å². The molecule has 2 aromatic carbocycles. The number of nitrogens with zero attached hydrogens (tertiary/aromatic N) is 4. The van der Waals surface area contributed by atoms with Crippen molar-refractivity contribution < 1.29 is 9.18 Å². The van der Waals surface area contributed by atoms with E-state index in [0.29, 0.717) is 5.69 Å². The third-order valence-electron chi connectivity index (χ3n) is 4.25. The molecule has 1 aliphatic carbocycles. The maximum absolute atomic E-state index is 14.0. The van der Waals surface area contributed by atoms with Crippen LogP contribution in [0.4, 0.5) is 10.1 Å². The van der Waals surface area contributed by atoms with Crippen LogP contribution in [-0.4, -0.2) is 26.1 Å². The third-order valence-corrected chi connectivity index (χ3v) is 4.78. The second kappa shape index (κ2) is 6.36. The summed E-state index contributed by atoms with van der Waals surface area (Å²) in [6.07, 6.45) is 2.17. The van der Waals surface area contributed by atoms with Gasteiger partial charge in [-0.15, -0.1) is 5.10 Å². The summed E-state index contributed by atoms with van der Waals surface area (Å²) in [5.41, 5.74) is 1.81. The van der Waals surface area contributed by atoms with Gasteiger partial charge in [-0.3, -0.25) is 4.79 Å². The molecule has 25 heavy (non-hydrogen) atoms. The molecule has 6 nitrogen and oxygen atoms in total. The van der Waals surface area contributed by atoms with Crippen LogP contribution in [0.15, 0.2) is 53.3 Å². The Balaban J connectivity index is 1.48. The van der Waals surface area contributed by atoms with Crippen LogP contribution in [0.5, 0.6) is 0 Å². The summed E-state index contributed by atoms with van der Waals surface area (Å²) < 4.78 is 16.4. The second-order valence-corrected chi connectivity index (χ2v) is 6.82. The lowest BCUT2D eigenvalue weighted by Crippen LogP contribution is -2.16. The van der Waals surface area contributed by atoms with E-state index in [0.717, 1.165) is 16.5 Å². The van der Waals surface area contributed by atoms with E-state index in [9.17, 15) is 9.18 Å². The minimum Gasteiger partial charge on any atom is -0.323 e. The van der Waals surface area contributed by atoms with Crippen LogP contribution in [0.25, 0.3) is 5.69 Å². The van der Waals surface area contributed by atoms with E-state index in [1.807, 2.05) is 24.3 Å². The highest BCUT2D eigenvalue weighted by Crippen LogP contribution is 2.48. The first-order valence-corrected chi connectivity index (χ1v) is 8.50. The van der Waals surface area contributed by atoms with Gasteiger partial charge in [0, 0.05) is 10.4 Å². The summed E-state index contributed by atoms with van der Waals surface area (Å²) in [7, 11) is 0. The molecule has 3 aromatic rings. The summed E-state index contributed by atoms with van der Waals surface area (Å²) in [6.45, 7) is 0. The number of benzene rings is 2. The summed E-state index contributed by atoms with van der Waals surface area (Å²) in [6, 6.07) is 12.3. The summed E-state index contributed by atoms with van der Waals surface area (Å²) in [5.74, 6) is -0.636. The van der Waals surface area contributed by atoms with Gasteiger partial charge in [0.25, 0.3) is 0 Å². The molecular formula is C17H13BrFN5O. The van der Waals surface area contributed by atoms with Gasteiger partial charge >= 0.3 is 0 Å². The molecule has 0 radical (unpaired) electrons. The number of carbonyl (C=O) groups excluding carboxylic acids is 1. The Morgan fingerprint density at radius 1 is 1.24 bits per heavy atom. The zero-order valence-electron chi connectivity index (χ0n) is 12.9. The van der Waals surface area contributed by atoms with Crippen LogP contribution >= 0.6 is 15.9 Å². The molecule has 2 atom stereocenters. The largest absolute Gasteiger partial charge is 0.323 e. The molecule has 8 heteroatoms. The molecule has 1 N–H and O–H groups in total. The fraction of sp³-hybridized carbons (Fsp3) is 0.176. The lowest BCUT2D eigenvalue weighted by Gasteiger charge is -2.08. The van der Waals surface area contributed by atoms with E-state index in [1.54, 1.807) is 6.07 Å². The maximum atomic E-state index is 14.0. The molecule has 126 valence electrons. The number of amides is 1. The maximum Gasteiger partial charge on any atom is 0.228 e. The molecule has 0 aliphatic heterocycles. The number of halogens is 2. The molecule has 1 aliphatic rings. The Hall–Kier alpha value is -2.61. The highest BCUT2D eigenvalue weighted by Gasteiger charge is 2.44. The van der Waals surface area contributed by atoms with Gasteiger partial charge in [-0.1, -0.05) is 28.1 Å². The van der Waals surface area contributed by atoms with Crippen molar-refractivity contribution in [2.45, 2.75) is 12.3 Å². The summed E-state index contributed by atoms with van der Waals surface area (Å²) in [5, 5.41) is 13.5. The topological polar surface area (TPSA) is 72.7 Å². The lowest BCUT2D eigenvalue weighted by atomic mass is 10.1. The Morgan fingerprint density at radius 2 is 2.04 bits per heavy atom. The van der Waals surface area contributed by atoms with E-state index in [4.69, 9.17) is 0 Å². The molecule has 0 bridgehead atoms. The van der Waals surface area contributed by atoms with Gasteiger partial charge in [-0.25, -0.2) is 9.07 Å². The normalized spacial score (nSPS) is 18.8. The minimum atomic E-state index is -0.494. The Morgan fingerprint density at radius 3 is 2.76 bits per heavy atom. The Kier molecular flexibility index (Phi) is 4.04. The number of rotatable bonds is 4. The SMILES string of the molecule is O=C(Nc1cc(-n2cnnn2)ccc1F)C1CC1c1ccc(Br)cc1. The number of tetrazole rings is 1. The molecule has 1 heterocycles. The van der Waals surface area contributed by atoms with Gasteiger partial charge in [-0.2, -0.15) is 0 Å². The summed E-state index contributed by atoms with van der Waals surface area (Å²) in [4.78, 5) is 12.4. The van der Waals surface area contributed by atoms with Gasteiger partial charge in [0.1, 0.15) is 12.1 Å². The van der Waals surface area contributed by atoms with Crippen LogP contribution in [0.3, 0.4) is 0 Å². The van der Waals surface area contributed by atoms with Gasteiger partial charge < -0.3 is 5.32 Å². The molecule has 1 fully saturated rings. The predicted octanol–water partition coefficient (Wildman–Crippen LogP) is 3.31. The van der Waals surface area contributed by atoms with Crippen molar-refractivity contribution in [3.8, 4) is 5.69 Å². The monoisotopic (exact) mass is 401 g/mol. The first-order chi connectivity index (χ1) is 12.1. The molecular weight excluding hydrogens is 389 g/mol. The van der Waals surface area contributed by atoms with Crippen LogP contribution < -0.4 is 5.32 Å². The van der Waals surface area contributed by atoms with Gasteiger partial charge in [0.05, 0.1) is 11.4 Å². The van der Waals surface area contributed by atoms with E-state index in [2.05, 4.69) is 36.8 Å². The highest BCUT2D eigenvalue weighted by molar-refractivity contribution is 9.10. The molecule has 0 spiro atoms. The average Bonchev–Trinajstić information content (AvgIpc) is 3.22. The number of anilines is 1. The highest BCUT2D eigenvalue weighted by atomic mass is 79.9. The van der Waals surface area contributed by atoms with Gasteiger partial charge in [-0.05, 0) is 58.7 Å². The van der Waals surface area contributed by atoms with Crippen LogP contribution in [0.1, 0.15) is 17.9 Å². The van der Waals surface area contributed by atoms with Gasteiger partial charge in [0.15, 0.2) is 0 Å². The first kappa shape index (κ1) is 15.9. The zero-order chi connectivity index (χ0) is 17.4. The fourth-order valence-corrected chi connectivity index (χ4v) is 3.08. The van der Waals surface area contributed by atoms with E-state index in [1.165, 1.54) is 23.1 Å². The van der Waals surface area contributed by atoms with Crippen LogP contribution in [0.2, 0.25) is 0 Å². The lowest BCUT2D eigenvalue weighted by molar-refractivity contribution is -0.117. The second-order valence-electron chi connectivity index (χ2n) is 5.91. The van der Waals surface area contributed by atoms with Crippen molar-refractivity contribution in [2.24, 2.45) is 5.92 Å². The zero-order valence-corrected chi connectivity index (χ0v) is 14.5. The smallest absolute Gasteiger partial charge is 0.228 e. The molecule has 1 aromatic heterocycles. The van der Waals surface area contributed by atoms with Crippen molar-refractivity contribution >= 4 is 27.5 Å². The quantitative estimate of drug-likeness (QED) is 0.727. The Labute approximate surface area is 151 Å². The van der Waals surface area contributed by atoms with Crippen molar-refractivity contribution in [3.05, 3.63) is 64.6 Å². The fourth-order valence-electron chi connectivity index (χ4n) is 2.82. The molecule has 2 unspecified atom stereocenters. The molecule has 0 saturated heterocycles. The number of carbonyl (C=O) groups is 1. The molecule has 1 amide bonds. The standard InChI is InChI=1S/C17H13BrFN5O/c18-11-3-1-10(2-4-11)13-8-14(13)17(25)21-16-7-12(5-6-15(16)19)24-9-20-22-23-24/h1-7,9,13-14H,8H2,(H,21,25). The predicted molar refractivity (Wildman–Crippen MR) is 92.7 cm³/mol. The van der Waals surface area contributed by atoms with Crippen LogP contribution in [-0.2, 0) is 4.79 Å². The van der Waals surface area contributed by atoms with Crippen molar-refractivity contribution in [2.75, 3.05) is 5.32 Å².